The van der Waals surface area contributed by atoms with Crippen LogP contribution in [-0.4, -0.2) is 4.57 Å². The van der Waals surface area contributed by atoms with Crippen LogP contribution in [0, 0.1) is 0 Å². The summed E-state index contributed by atoms with van der Waals surface area (Å²) in [6.07, 6.45) is 0. The number of aromatic nitrogens is 1. The molecule has 0 saturated heterocycles. The number of anilines is 3. The van der Waals surface area contributed by atoms with E-state index in [-0.39, 0.29) is 0 Å². The van der Waals surface area contributed by atoms with Crippen molar-refractivity contribution in [3.05, 3.63) is 182 Å². The first kappa shape index (κ1) is 26.3. The Labute approximate surface area is 268 Å². The summed E-state index contributed by atoms with van der Waals surface area (Å²) in [5, 5.41) is 7.47. The zero-order valence-corrected chi connectivity index (χ0v) is 25.2. The van der Waals surface area contributed by atoms with Crippen molar-refractivity contribution < 1.29 is 0 Å². The van der Waals surface area contributed by atoms with E-state index < -0.39 is 0 Å². The summed E-state index contributed by atoms with van der Waals surface area (Å²) in [5.41, 5.74) is 9.42. The predicted molar refractivity (Wildman–Crippen MR) is 196 cm³/mol. The molecular weight excluding hydrogens is 556 g/mol. The van der Waals surface area contributed by atoms with Gasteiger partial charge in [0.05, 0.1) is 11.0 Å². The standard InChI is InChI=1S/C44H30N2/c1-3-11-31(12-4-1)32-19-24-37(25-20-32)45(36-14-5-2-6-15-36)38-26-21-33-22-27-39(30-35(33)29-38)46-43-18-10-9-17-41(43)42-28-23-34-13-7-8-16-40(34)44(42)46/h1-30H. The number of para-hydroxylation sites is 2. The molecule has 0 bridgehead atoms. The fraction of sp³-hybridized carbons (Fsp3) is 0. The Hall–Kier alpha value is -6.12. The molecule has 9 rings (SSSR count). The van der Waals surface area contributed by atoms with Crippen molar-refractivity contribution >= 4 is 60.4 Å². The maximum atomic E-state index is 2.44. The molecule has 0 saturated carbocycles. The van der Waals surface area contributed by atoms with Crippen molar-refractivity contribution in [2.45, 2.75) is 0 Å². The lowest BCUT2D eigenvalue weighted by molar-refractivity contribution is 1.19. The highest BCUT2D eigenvalue weighted by atomic mass is 15.1. The van der Waals surface area contributed by atoms with Crippen LogP contribution < -0.4 is 4.90 Å². The lowest BCUT2D eigenvalue weighted by Gasteiger charge is -2.26. The van der Waals surface area contributed by atoms with Crippen LogP contribution in [0.1, 0.15) is 0 Å². The molecule has 0 N–H and O–H groups in total. The van der Waals surface area contributed by atoms with Crippen LogP contribution >= 0.6 is 0 Å². The molecule has 2 nitrogen and oxygen atoms in total. The number of rotatable bonds is 5. The molecule has 0 aliphatic rings. The Balaban J connectivity index is 1.22. The maximum Gasteiger partial charge on any atom is 0.0619 e. The summed E-state index contributed by atoms with van der Waals surface area (Å²) in [4.78, 5) is 2.34. The van der Waals surface area contributed by atoms with E-state index in [0.717, 1.165) is 22.7 Å². The summed E-state index contributed by atoms with van der Waals surface area (Å²) in [7, 11) is 0. The van der Waals surface area contributed by atoms with Gasteiger partial charge in [-0.3, -0.25) is 0 Å². The summed E-state index contributed by atoms with van der Waals surface area (Å²) >= 11 is 0. The number of fused-ring (bicyclic) bond motifs is 6. The van der Waals surface area contributed by atoms with E-state index in [0.29, 0.717) is 0 Å². The van der Waals surface area contributed by atoms with Gasteiger partial charge >= 0.3 is 0 Å². The highest BCUT2D eigenvalue weighted by Gasteiger charge is 2.16. The largest absolute Gasteiger partial charge is 0.310 e. The van der Waals surface area contributed by atoms with E-state index in [1.807, 2.05) is 0 Å². The first-order chi connectivity index (χ1) is 22.8. The second kappa shape index (κ2) is 10.8. The van der Waals surface area contributed by atoms with Crippen molar-refractivity contribution in [2.75, 3.05) is 4.90 Å². The van der Waals surface area contributed by atoms with Gasteiger partial charge in [-0.2, -0.15) is 0 Å². The molecule has 46 heavy (non-hydrogen) atoms. The van der Waals surface area contributed by atoms with Gasteiger partial charge in [0.2, 0.25) is 0 Å². The first-order valence-corrected chi connectivity index (χ1v) is 15.8. The van der Waals surface area contributed by atoms with Gasteiger partial charge in [-0.1, -0.05) is 127 Å². The van der Waals surface area contributed by atoms with Gasteiger partial charge in [0.1, 0.15) is 0 Å². The van der Waals surface area contributed by atoms with Crippen LogP contribution in [0.2, 0.25) is 0 Å². The molecule has 8 aromatic carbocycles. The Morgan fingerprint density at radius 1 is 0.348 bits per heavy atom. The van der Waals surface area contributed by atoms with Crippen molar-refractivity contribution in [3.63, 3.8) is 0 Å². The first-order valence-electron chi connectivity index (χ1n) is 15.8. The summed E-state index contributed by atoms with van der Waals surface area (Å²) in [5.74, 6) is 0. The highest BCUT2D eigenvalue weighted by molar-refractivity contribution is 6.18. The van der Waals surface area contributed by atoms with Crippen molar-refractivity contribution in [3.8, 4) is 16.8 Å². The number of hydrogen-bond donors (Lipinski definition) is 0. The van der Waals surface area contributed by atoms with E-state index in [4.69, 9.17) is 0 Å². The second-order valence-electron chi connectivity index (χ2n) is 11.8. The van der Waals surface area contributed by atoms with Crippen molar-refractivity contribution in [2.24, 2.45) is 0 Å². The minimum atomic E-state index is 1.12. The zero-order chi connectivity index (χ0) is 30.5. The zero-order valence-electron chi connectivity index (χ0n) is 25.2. The Kier molecular flexibility index (Phi) is 6.17. The number of hydrogen-bond acceptors (Lipinski definition) is 1. The number of nitrogens with zero attached hydrogens (tertiary/aromatic N) is 2. The van der Waals surface area contributed by atoms with E-state index >= 15 is 0 Å². The van der Waals surface area contributed by atoms with Gasteiger partial charge in [0, 0.05) is 38.9 Å². The maximum absolute atomic E-state index is 2.44. The molecule has 0 aliphatic heterocycles. The topological polar surface area (TPSA) is 8.17 Å². The van der Waals surface area contributed by atoms with Crippen LogP contribution in [0.5, 0.6) is 0 Å². The molecule has 0 aliphatic carbocycles. The van der Waals surface area contributed by atoms with Gasteiger partial charge in [-0.05, 0) is 81.9 Å². The van der Waals surface area contributed by atoms with Gasteiger partial charge in [-0.25, -0.2) is 0 Å². The van der Waals surface area contributed by atoms with E-state index in [1.54, 1.807) is 0 Å². The van der Waals surface area contributed by atoms with Gasteiger partial charge < -0.3 is 9.47 Å². The third-order valence-corrected chi connectivity index (χ3v) is 9.13. The average molecular weight is 587 g/mol. The molecule has 0 atom stereocenters. The monoisotopic (exact) mass is 586 g/mol. The normalized spacial score (nSPS) is 11.5. The third-order valence-electron chi connectivity index (χ3n) is 9.13. The molecular formula is C44H30N2. The molecule has 1 aromatic heterocycles. The fourth-order valence-corrected chi connectivity index (χ4v) is 6.96. The van der Waals surface area contributed by atoms with Crippen LogP contribution in [0.4, 0.5) is 17.1 Å². The minimum absolute atomic E-state index is 1.12. The average Bonchev–Trinajstić information content (AvgIpc) is 3.47. The molecule has 0 fully saturated rings. The summed E-state index contributed by atoms with van der Waals surface area (Å²) in [6, 6.07) is 65.7. The molecule has 2 heteroatoms. The minimum Gasteiger partial charge on any atom is -0.310 e. The van der Waals surface area contributed by atoms with E-state index in [1.165, 1.54) is 54.5 Å². The highest BCUT2D eigenvalue weighted by Crippen LogP contribution is 2.39. The van der Waals surface area contributed by atoms with Crippen LogP contribution in [0.3, 0.4) is 0 Å². The summed E-state index contributed by atoms with van der Waals surface area (Å²) in [6.45, 7) is 0. The van der Waals surface area contributed by atoms with Crippen LogP contribution in [0.25, 0.3) is 60.2 Å². The molecule has 0 spiro atoms. The van der Waals surface area contributed by atoms with E-state index in [2.05, 4.69) is 191 Å². The second-order valence-corrected chi connectivity index (χ2v) is 11.8. The quantitative estimate of drug-likeness (QED) is 0.195. The molecule has 0 unspecified atom stereocenters. The van der Waals surface area contributed by atoms with E-state index in [9.17, 15) is 0 Å². The Morgan fingerprint density at radius 2 is 0.957 bits per heavy atom. The molecule has 0 amide bonds. The molecule has 0 radical (unpaired) electrons. The van der Waals surface area contributed by atoms with Gasteiger partial charge in [-0.15, -0.1) is 0 Å². The SMILES string of the molecule is c1ccc(-c2ccc(N(c3ccccc3)c3ccc4ccc(-n5c6ccccc6c6ccc7ccccc7c65)cc4c3)cc2)cc1. The van der Waals surface area contributed by atoms with Gasteiger partial charge in [0.15, 0.2) is 0 Å². The predicted octanol–water partition coefficient (Wildman–Crippen LogP) is 12.2. The summed E-state index contributed by atoms with van der Waals surface area (Å²) < 4.78 is 2.44. The van der Waals surface area contributed by atoms with Crippen LogP contribution in [-0.2, 0) is 0 Å². The lowest BCUT2D eigenvalue weighted by Crippen LogP contribution is -2.09. The Bertz CT molecular complexity index is 2510. The fourth-order valence-electron chi connectivity index (χ4n) is 6.96. The third kappa shape index (κ3) is 4.35. The van der Waals surface area contributed by atoms with Crippen LogP contribution in [0.15, 0.2) is 182 Å². The Morgan fingerprint density at radius 3 is 1.78 bits per heavy atom. The van der Waals surface area contributed by atoms with Crippen molar-refractivity contribution in [1.82, 2.24) is 4.57 Å². The molecule has 1 heterocycles. The van der Waals surface area contributed by atoms with Crippen molar-refractivity contribution in [1.29, 1.82) is 0 Å². The van der Waals surface area contributed by atoms with Gasteiger partial charge in [0.25, 0.3) is 0 Å². The molecule has 216 valence electrons. The lowest BCUT2D eigenvalue weighted by atomic mass is 10.0. The smallest absolute Gasteiger partial charge is 0.0619 e. The number of benzene rings is 8. The molecule has 9 aromatic rings.